The molecule has 2 amide bonds. The van der Waals surface area contributed by atoms with Crippen LogP contribution in [0.2, 0.25) is 0 Å². The van der Waals surface area contributed by atoms with Gasteiger partial charge in [-0.25, -0.2) is 0 Å². The van der Waals surface area contributed by atoms with Crippen LogP contribution in [0.1, 0.15) is 36.1 Å². The lowest BCUT2D eigenvalue weighted by Gasteiger charge is -2.33. The van der Waals surface area contributed by atoms with E-state index in [9.17, 15) is 9.59 Å². The van der Waals surface area contributed by atoms with Crippen LogP contribution in [-0.4, -0.2) is 41.8 Å². The molecule has 28 heavy (non-hydrogen) atoms. The van der Waals surface area contributed by atoms with Crippen LogP contribution in [0, 0.1) is 6.92 Å². The number of ether oxygens (including phenoxy) is 1. The summed E-state index contributed by atoms with van der Waals surface area (Å²) in [6.07, 6.45) is 3.92. The number of fused-ring (bicyclic) bond motifs is 1. The van der Waals surface area contributed by atoms with E-state index in [0.29, 0.717) is 13.2 Å². The number of rotatable bonds is 6. The molecule has 0 N–H and O–H groups in total. The van der Waals surface area contributed by atoms with E-state index < -0.39 is 0 Å². The molecular formula is C23H26N2O3. The Morgan fingerprint density at radius 2 is 1.93 bits per heavy atom. The van der Waals surface area contributed by atoms with Gasteiger partial charge in [-0.2, -0.15) is 0 Å². The van der Waals surface area contributed by atoms with Gasteiger partial charge in [-0.15, -0.1) is 0 Å². The summed E-state index contributed by atoms with van der Waals surface area (Å²) >= 11 is 0. The third-order valence-electron chi connectivity index (χ3n) is 4.95. The third kappa shape index (κ3) is 4.60. The van der Waals surface area contributed by atoms with Crippen LogP contribution < -0.4 is 4.74 Å². The monoisotopic (exact) mass is 378 g/mol. The summed E-state index contributed by atoms with van der Waals surface area (Å²) in [7, 11) is 1.77. The topological polar surface area (TPSA) is 49.9 Å². The van der Waals surface area contributed by atoms with Gasteiger partial charge in [-0.1, -0.05) is 36.4 Å². The van der Waals surface area contributed by atoms with E-state index in [0.717, 1.165) is 22.4 Å². The molecule has 1 atom stereocenters. The Bertz CT molecular complexity index is 891. The van der Waals surface area contributed by atoms with Gasteiger partial charge in [-0.05, 0) is 41.8 Å². The van der Waals surface area contributed by atoms with Crippen molar-refractivity contribution in [3.63, 3.8) is 0 Å². The number of carbonyl (C=O) groups excluding carboxylic acids is 2. The van der Waals surface area contributed by atoms with Crippen LogP contribution in [-0.2, 0) is 9.59 Å². The van der Waals surface area contributed by atoms with Crippen molar-refractivity contribution in [2.24, 2.45) is 0 Å². The molecule has 0 saturated carbocycles. The maximum atomic E-state index is 12.8. The smallest absolute Gasteiger partial charge is 0.224 e. The van der Waals surface area contributed by atoms with Gasteiger partial charge in [0.15, 0.2) is 0 Å². The van der Waals surface area contributed by atoms with Gasteiger partial charge in [0.2, 0.25) is 11.8 Å². The predicted molar refractivity (Wildman–Crippen MR) is 110 cm³/mol. The molecule has 5 nitrogen and oxygen atoms in total. The standard InChI is InChI=1S/C23H26N2O3/c1-17-7-6-9-20(15-17)28-14-13-24(3)23(27)16-22-21-10-5-4-8-19(21)11-12-25(22)18(2)26/h4-12,15,22H,13-14,16H2,1-3H3. The molecule has 0 fully saturated rings. The molecule has 0 aromatic heterocycles. The van der Waals surface area contributed by atoms with Crippen molar-refractivity contribution in [1.82, 2.24) is 9.80 Å². The number of hydrogen-bond donors (Lipinski definition) is 0. The number of nitrogens with zero attached hydrogens (tertiary/aromatic N) is 2. The Balaban J connectivity index is 1.62. The van der Waals surface area contributed by atoms with Crippen molar-refractivity contribution in [1.29, 1.82) is 0 Å². The molecule has 5 heteroatoms. The zero-order valence-corrected chi connectivity index (χ0v) is 16.6. The largest absolute Gasteiger partial charge is 0.492 e. The number of likely N-dealkylation sites (N-methyl/N-ethyl adjacent to an activating group) is 1. The maximum absolute atomic E-state index is 12.8. The van der Waals surface area contributed by atoms with E-state index in [1.807, 2.05) is 61.5 Å². The fourth-order valence-corrected chi connectivity index (χ4v) is 3.36. The average molecular weight is 378 g/mol. The highest BCUT2D eigenvalue weighted by Crippen LogP contribution is 2.33. The van der Waals surface area contributed by atoms with Crippen LogP contribution >= 0.6 is 0 Å². The molecule has 1 aliphatic rings. The molecule has 146 valence electrons. The first kappa shape index (κ1) is 19.7. The molecule has 1 heterocycles. The van der Waals surface area contributed by atoms with E-state index in [-0.39, 0.29) is 24.3 Å². The van der Waals surface area contributed by atoms with Crippen molar-refractivity contribution >= 4 is 17.9 Å². The minimum Gasteiger partial charge on any atom is -0.492 e. The van der Waals surface area contributed by atoms with Gasteiger partial charge in [-0.3, -0.25) is 9.59 Å². The normalized spacial score (nSPS) is 15.1. The van der Waals surface area contributed by atoms with E-state index >= 15 is 0 Å². The number of aryl methyl sites for hydroxylation is 1. The van der Waals surface area contributed by atoms with Gasteiger partial charge in [0.1, 0.15) is 12.4 Å². The molecule has 0 spiro atoms. The molecule has 2 aromatic carbocycles. The van der Waals surface area contributed by atoms with Crippen molar-refractivity contribution < 1.29 is 14.3 Å². The summed E-state index contributed by atoms with van der Waals surface area (Å²) in [4.78, 5) is 28.1. The highest BCUT2D eigenvalue weighted by molar-refractivity contribution is 5.81. The zero-order chi connectivity index (χ0) is 20.1. The molecule has 0 aliphatic carbocycles. The van der Waals surface area contributed by atoms with Gasteiger partial charge in [0, 0.05) is 20.2 Å². The second kappa shape index (κ2) is 8.74. The quantitative estimate of drug-likeness (QED) is 0.768. The highest BCUT2D eigenvalue weighted by atomic mass is 16.5. The summed E-state index contributed by atoms with van der Waals surface area (Å²) in [6, 6.07) is 15.4. The fourth-order valence-electron chi connectivity index (χ4n) is 3.36. The first-order chi connectivity index (χ1) is 13.5. The van der Waals surface area contributed by atoms with Gasteiger partial charge in [0.25, 0.3) is 0 Å². The maximum Gasteiger partial charge on any atom is 0.224 e. The van der Waals surface area contributed by atoms with Gasteiger partial charge < -0.3 is 14.5 Å². The number of benzene rings is 2. The first-order valence-electron chi connectivity index (χ1n) is 9.45. The van der Waals surface area contributed by atoms with Crippen molar-refractivity contribution in [2.75, 3.05) is 20.2 Å². The van der Waals surface area contributed by atoms with Gasteiger partial charge >= 0.3 is 0 Å². The number of amides is 2. The van der Waals surface area contributed by atoms with Gasteiger partial charge in [0.05, 0.1) is 19.0 Å². The zero-order valence-electron chi connectivity index (χ0n) is 16.6. The lowest BCUT2D eigenvalue weighted by Crippen LogP contribution is -2.37. The second-order valence-electron chi connectivity index (χ2n) is 7.07. The SMILES string of the molecule is CC(=O)N1C=Cc2ccccc2C1CC(=O)N(C)CCOc1cccc(C)c1. The molecular weight excluding hydrogens is 352 g/mol. The Kier molecular flexibility index (Phi) is 6.14. The molecule has 1 unspecified atom stereocenters. The second-order valence-corrected chi connectivity index (χ2v) is 7.07. The van der Waals surface area contributed by atoms with Crippen LogP contribution in [0.5, 0.6) is 5.75 Å². The van der Waals surface area contributed by atoms with Crippen molar-refractivity contribution in [3.05, 3.63) is 71.4 Å². The van der Waals surface area contributed by atoms with Crippen molar-refractivity contribution in [2.45, 2.75) is 26.3 Å². The van der Waals surface area contributed by atoms with E-state index in [1.54, 1.807) is 23.0 Å². The summed E-state index contributed by atoms with van der Waals surface area (Å²) in [5.41, 5.74) is 3.18. The number of hydrogen-bond acceptors (Lipinski definition) is 3. The minimum atomic E-state index is -0.286. The lowest BCUT2D eigenvalue weighted by molar-refractivity contribution is -0.134. The Morgan fingerprint density at radius 1 is 1.14 bits per heavy atom. The van der Waals surface area contributed by atoms with Crippen LogP contribution in [0.15, 0.2) is 54.7 Å². The first-order valence-corrected chi connectivity index (χ1v) is 9.45. The van der Waals surface area contributed by atoms with Crippen molar-refractivity contribution in [3.8, 4) is 5.75 Å². The van der Waals surface area contributed by atoms with E-state index in [2.05, 4.69) is 0 Å². The Hall–Kier alpha value is -3.08. The molecule has 0 radical (unpaired) electrons. The van der Waals surface area contributed by atoms with E-state index in [4.69, 9.17) is 4.74 Å². The minimum absolute atomic E-state index is 0.0193. The molecule has 3 rings (SSSR count). The molecule has 0 saturated heterocycles. The Morgan fingerprint density at radius 3 is 2.68 bits per heavy atom. The Labute approximate surface area is 166 Å². The predicted octanol–water partition coefficient (Wildman–Crippen LogP) is 3.80. The fraction of sp³-hybridized carbons (Fsp3) is 0.304. The number of carbonyl (C=O) groups is 2. The molecule has 2 aromatic rings. The molecule has 1 aliphatic heterocycles. The third-order valence-corrected chi connectivity index (χ3v) is 4.95. The summed E-state index contributed by atoms with van der Waals surface area (Å²) in [5.74, 6) is 0.707. The lowest BCUT2D eigenvalue weighted by atomic mass is 9.93. The van der Waals surface area contributed by atoms with Crippen LogP contribution in [0.25, 0.3) is 6.08 Å². The molecule has 0 bridgehead atoms. The average Bonchev–Trinajstić information content (AvgIpc) is 2.68. The van der Waals surface area contributed by atoms with Crippen LogP contribution in [0.4, 0.5) is 0 Å². The summed E-state index contributed by atoms with van der Waals surface area (Å²) in [6.45, 7) is 4.44. The summed E-state index contributed by atoms with van der Waals surface area (Å²) in [5, 5.41) is 0. The van der Waals surface area contributed by atoms with E-state index in [1.165, 1.54) is 6.92 Å². The summed E-state index contributed by atoms with van der Waals surface area (Å²) < 4.78 is 5.74. The van der Waals surface area contributed by atoms with Crippen LogP contribution in [0.3, 0.4) is 0 Å². The highest BCUT2D eigenvalue weighted by Gasteiger charge is 2.29.